The molecule has 0 unspecified atom stereocenters. The Labute approximate surface area is 153 Å². The van der Waals surface area contributed by atoms with Gasteiger partial charge in [-0.25, -0.2) is 4.79 Å². The number of nitro benzene ring substituents is 1. The molecule has 0 saturated heterocycles. The highest BCUT2D eigenvalue weighted by Gasteiger charge is 2.27. The standard InChI is InChI=1S/C17H14ClN3O5/c1-10-6-11(18)2-4-13(10)19-16(22)8-20-9-17(23)26-15-7-12(21(24)25)3-5-14(15)20/h2-7H,8-9H2,1H3,(H,19,22). The molecule has 8 nitrogen and oxygen atoms in total. The summed E-state index contributed by atoms with van der Waals surface area (Å²) in [6, 6.07) is 9.01. The van der Waals surface area contributed by atoms with Gasteiger partial charge in [0.2, 0.25) is 5.91 Å². The van der Waals surface area contributed by atoms with Gasteiger partial charge < -0.3 is 15.0 Å². The number of fused-ring (bicyclic) bond motifs is 1. The van der Waals surface area contributed by atoms with E-state index in [2.05, 4.69) is 5.32 Å². The van der Waals surface area contributed by atoms with Crippen LogP contribution in [0.3, 0.4) is 0 Å². The minimum Gasteiger partial charge on any atom is -0.423 e. The van der Waals surface area contributed by atoms with Crippen LogP contribution in [0.4, 0.5) is 17.1 Å². The van der Waals surface area contributed by atoms with Crippen molar-refractivity contribution in [2.24, 2.45) is 0 Å². The summed E-state index contributed by atoms with van der Waals surface area (Å²) in [6.45, 7) is 1.58. The summed E-state index contributed by atoms with van der Waals surface area (Å²) in [5.41, 5.74) is 1.67. The van der Waals surface area contributed by atoms with E-state index >= 15 is 0 Å². The Morgan fingerprint density at radius 1 is 1.35 bits per heavy atom. The second-order valence-electron chi connectivity index (χ2n) is 5.75. The van der Waals surface area contributed by atoms with Crippen LogP contribution in [-0.4, -0.2) is 29.9 Å². The van der Waals surface area contributed by atoms with Gasteiger partial charge in [0, 0.05) is 16.8 Å². The molecule has 2 aromatic carbocycles. The monoisotopic (exact) mass is 375 g/mol. The fraction of sp³-hybridized carbons (Fsp3) is 0.176. The zero-order chi connectivity index (χ0) is 18.8. The van der Waals surface area contributed by atoms with Crippen molar-refractivity contribution in [3.05, 3.63) is 57.1 Å². The number of aryl methyl sites for hydroxylation is 1. The van der Waals surface area contributed by atoms with E-state index in [1.54, 1.807) is 18.2 Å². The number of benzene rings is 2. The van der Waals surface area contributed by atoms with Gasteiger partial charge in [0.25, 0.3) is 5.69 Å². The average Bonchev–Trinajstić information content (AvgIpc) is 2.56. The Bertz CT molecular complexity index is 915. The van der Waals surface area contributed by atoms with Crippen LogP contribution < -0.4 is 15.0 Å². The number of esters is 1. The lowest BCUT2D eigenvalue weighted by Crippen LogP contribution is -2.41. The van der Waals surface area contributed by atoms with E-state index in [0.717, 1.165) is 5.56 Å². The molecule has 0 spiro atoms. The van der Waals surface area contributed by atoms with E-state index in [-0.39, 0.29) is 30.4 Å². The minimum absolute atomic E-state index is 0.0610. The van der Waals surface area contributed by atoms with Crippen molar-refractivity contribution in [3.63, 3.8) is 0 Å². The number of amides is 1. The molecule has 0 aliphatic carbocycles. The number of anilines is 2. The van der Waals surface area contributed by atoms with Crippen LogP contribution in [0.5, 0.6) is 5.75 Å². The van der Waals surface area contributed by atoms with Gasteiger partial charge in [0.15, 0.2) is 5.75 Å². The lowest BCUT2D eigenvalue weighted by molar-refractivity contribution is -0.384. The normalized spacial score (nSPS) is 13.0. The minimum atomic E-state index is -0.589. The maximum atomic E-state index is 12.4. The number of nitrogens with zero attached hydrogens (tertiary/aromatic N) is 2. The van der Waals surface area contributed by atoms with Crippen molar-refractivity contribution < 1.29 is 19.2 Å². The van der Waals surface area contributed by atoms with Crippen LogP contribution in [0, 0.1) is 17.0 Å². The summed E-state index contributed by atoms with van der Waals surface area (Å²) in [7, 11) is 0. The summed E-state index contributed by atoms with van der Waals surface area (Å²) < 4.78 is 5.05. The smallest absolute Gasteiger partial charge is 0.331 e. The Hall–Kier alpha value is -3.13. The Morgan fingerprint density at radius 2 is 2.12 bits per heavy atom. The van der Waals surface area contributed by atoms with Gasteiger partial charge in [-0.1, -0.05) is 11.6 Å². The first-order chi connectivity index (χ1) is 12.3. The van der Waals surface area contributed by atoms with Gasteiger partial charge in [-0.05, 0) is 36.8 Å². The van der Waals surface area contributed by atoms with Crippen molar-refractivity contribution >= 4 is 40.5 Å². The summed E-state index contributed by atoms with van der Waals surface area (Å²) in [5.74, 6) is -0.867. The largest absolute Gasteiger partial charge is 0.423 e. The van der Waals surface area contributed by atoms with E-state index in [9.17, 15) is 19.7 Å². The topological polar surface area (TPSA) is 102 Å². The van der Waals surface area contributed by atoms with Crippen LogP contribution in [-0.2, 0) is 9.59 Å². The summed E-state index contributed by atoms with van der Waals surface area (Å²) in [6.07, 6.45) is 0. The lowest BCUT2D eigenvalue weighted by atomic mass is 10.2. The maximum absolute atomic E-state index is 12.4. The Balaban J connectivity index is 1.78. The van der Waals surface area contributed by atoms with Crippen LogP contribution in [0.15, 0.2) is 36.4 Å². The van der Waals surface area contributed by atoms with Crippen LogP contribution in [0.2, 0.25) is 5.02 Å². The fourth-order valence-electron chi connectivity index (χ4n) is 2.63. The van der Waals surface area contributed by atoms with Crippen molar-refractivity contribution in [1.29, 1.82) is 0 Å². The van der Waals surface area contributed by atoms with Gasteiger partial charge in [-0.15, -0.1) is 0 Å². The van der Waals surface area contributed by atoms with E-state index in [4.69, 9.17) is 16.3 Å². The highest BCUT2D eigenvalue weighted by molar-refractivity contribution is 6.30. The molecule has 9 heteroatoms. The first-order valence-electron chi connectivity index (χ1n) is 7.63. The predicted molar refractivity (Wildman–Crippen MR) is 95.8 cm³/mol. The van der Waals surface area contributed by atoms with E-state index < -0.39 is 10.9 Å². The third-order valence-electron chi connectivity index (χ3n) is 3.84. The lowest BCUT2D eigenvalue weighted by Gasteiger charge is -2.29. The third-order valence-corrected chi connectivity index (χ3v) is 4.07. The number of halogens is 1. The number of carbonyl (C=O) groups is 2. The molecule has 0 radical (unpaired) electrons. The highest BCUT2D eigenvalue weighted by atomic mass is 35.5. The second-order valence-corrected chi connectivity index (χ2v) is 6.18. The summed E-state index contributed by atoms with van der Waals surface area (Å²) in [5, 5.41) is 14.2. The third kappa shape index (κ3) is 3.75. The zero-order valence-electron chi connectivity index (χ0n) is 13.7. The Morgan fingerprint density at radius 3 is 2.81 bits per heavy atom. The summed E-state index contributed by atoms with van der Waals surface area (Å²) in [4.78, 5) is 35.9. The molecule has 1 heterocycles. The molecule has 0 bridgehead atoms. The number of hydrogen-bond acceptors (Lipinski definition) is 6. The average molecular weight is 376 g/mol. The van der Waals surface area contributed by atoms with E-state index in [1.807, 2.05) is 6.92 Å². The number of rotatable bonds is 4. The zero-order valence-corrected chi connectivity index (χ0v) is 14.4. The van der Waals surface area contributed by atoms with Crippen molar-refractivity contribution in [2.75, 3.05) is 23.3 Å². The van der Waals surface area contributed by atoms with Crippen LogP contribution in [0.25, 0.3) is 0 Å². The maximum Gasteiger partial charge on any atom is 0.331 e. The SMILES string of the molecule is Cc1cc(Cl)ccc1NC(=O)CN1CC(=O)Oc2cc([N+](=O)[O-])ccc21. The van der Waals surface area contributed by atoms with Crippen LogP contribution in [0.1, 0.15) is 5.56 Å². The van der Waals surface area contributed by atoms with Gasteiger partial charge in [-0.3, -0.25) is 14.9 Å². The molecule has 134 valence electrons. The number of hydrogen-bond donors (Lipinski definition) is 1. The van der Waals surface area contributed by atoms with Crippen molar-refractivity contribution in [1.82, 2.24) is 0 Å². The molecule has 0 aromatic heterocycles. The van der Waals surface area contributed by atoms with Gasteiger partial charge in [0.1, 0.15) is 6.54 Å². The first-order valence-corrected chi connectivity index (χ1v) is 8.01. The number of ether oxygens (including phenoxy) is 1. The van der Waals surface area contributed by atoms with Gasteiger partial charge in [0.05, 0.1) is 23.2 Å². The quantitative estimate of drug-likeness (QED) is 0.381. The molecule has 1 aliphatic heterocycles. The second kappa shape index (κ2) is 7.01. The molecular weight excluding hydrogens is 362 g/mol. The number of nitrogens with one attached hydrogen (secondary N) is 1. The molecule has 1 aliphatic rings. The van der Waals surface area contributed by atoms with Gasteiger partial charge >= 0.3 is 5.97 Å². The van der Waals surface area contributed by atoms with Crippen molar-refractivity contribution in [3.8, 4) is 5.75 Å². The van der Waals surface area contributed by atoms with Crippen LogP contribution >= 0.6 is 11.6 Å². The number of carbonyl (C=O) groups excluding carboxylic acids is 2. The molecule has 26 heavy (non-hydrogen) atoms. The molecule has 0 atom stereocenters. The number of non-ortho nitro benzene ring substituents is 1. The van der Waals surface area contributed by atoms with E-state index in [1.165, 1.54) is 23.1 Å². The first kappa shape index (κ1) is 17.7. The van der Waals surface area contributed by atoms with Gasteiger partial charge in [-0.2, -0.15) is 0 Å². The van der Waals surface area contributed by atoms with E-state index in [0.29, 0.717) is 16.4 Å². The molecule has 1 amide bonds. The molecule has 0 fully saturated rings. The predicted octanol–water partition coefficient (Wildman–Crippen LogP) is 2.92. The molecule has 1 N–H and O–H groups in total. The summed E-state index contributed by atoms with van der Waals surface area (Å²) >= 11 is 5.90. The molecular formula is C17H14ClN3O5. The fourth-order valence-corrected chi connectivity index (χ4v) is 2.85. The molecule has 2 aromatic rings. The molecule has 0 saturated carbocycles. The number of nitro groups is 1. The molecule has 3 rings (SSSR count). The highest BCUT2D eigenvalue weighted by Crippen LogP contribution is 2.35. The van der Waals surface area contributed by atoms with Crippen molar-refractivity contribution in [2.45, 2.75) is 6.92 Å². The Kier molecular flexibility index (Phi) is 4.77.